The lowest BCUT2D eigenvalue weighted by atomic mass is 9.86. The summed E-state index contributed by atoms with van der Waals surface area (Å²) in [4.78, 5) is 16.6. The van der Waals surface area contributed by atoms with Gasteiger partial charge in [0, 0.05) is 35.6 Å². The number of pyridine rings is 1. The molecule has 8 heteroatoms. The zero-order chi connectivity index (χ0) is 24.5. The number of rotatable bonds is 5. The van der Waals surface area contributed by atoms with Crippen LogP contribution >= 0.6 is 0 Å². The molecule has 0 spiro atoms. The minimum Gasteiger partial charge on any atom is -0.503 e. The first-order valence-electron chi connectivity index (χ1n) is 11.8. The van der Waals surface area contributed by atoms with E-state index in [1.165, 1.54) is 0 Å². The Balaban J connectivity index is 1.19. The van der Waals surface area contributed by atoms with Crippen LogP contribution in [0.4, 0.5) is 8.78 Å². The van der Waals surface area contributed by atoms with E-state index in [9.17, 15) is 18.7 Å². The standard InChI is InChI=1S/C27H26F2N4O2/c1-16-10-19(8-9-30-16)18-4-5-20-15-33(32-25(20)13-18)22-6-2-17(3-7-22)14-31-27(35)21-11-23(28)26(34)24(29)12-21/h4-5,8-13,15,17,22,34H,2-3,6-7,14H2,1H3,(H,31,35)/t17-,22-. The van der Waals surface area contributed by atoms with Gasteiger partial charge >= 0.3 is 0 Å². The van der Waals surface area contributed by atoms with Crippen molar-refractivity contribution < 1.29 is 18.7 Å². The summed E-state index contributed by atoms with van der Waals surface area (Å²) in [5, 5.41) is 17.9. The lowest BCUT2D eigenvalue weighted by Gasteiger charge is -2.28. The third kappa shape index (κ3) is 4.87. The predicted molar refractivity (Wildman–Crippen MR) is 129 cm³/mol. The highest BCUT2D eigenvalue weighted by molar-refractivity contribution is 5.94. The van der Waals surface area contributed by atoms with E-state index in [1.807, 2.05) is 19.2 Å². The summed E-state index contributed by atoms with van der Waals surface area (Å²) in [6.07, 6.45) is 7.62. The minimum absolute atomic E-state index is 0.143. The molecular weight excluding hydrogens is 450 g/mol. The topological polar surface area (TPSA) is 80.0 Å². The van der Waals surface area contributed by atoms with Gasteiger partial charge < -0.3 is 10.4 Å². The molecular formula is C27H26F2N4O2. The Morgan fingerprint density at radius 2 is 1.77 bits per heavy atom. The molecule has 1 amide bonds. The number of halogens is 2. The first-order chi connectivity index (χ1) is 16.9. The molecule has 0 atom stereocenters. The van der Waals surface area contributed by atoms with Crippen molar-refractivity contribution in [3.63, 3.8) is 0 Å². The van der Waals surface area contributed by atoms with Crippen LogP contribution in [0, 0.1) is 24.5 Å². The van der Waals surface area contributed by atoms with Gasteiger partial charge in [0.2, 0.25) is 0 Å². The number of fused-ring (bicyclic) bond motifs is 1. The van der Waals surface area contributed by atoms with Gasteiger partial charge in [0.1, 0.15) is 0 Å². The summed E-state index contributed by atoms with van der Waals surface area (Å²) < 4.78 is 29.1. The van der Waals surface area contributed by atoms with Gasteiger partial charge in [-0.15, -0.1) is 0 Å². The Morgan fingerprint density at radius 3 is 2.49 bits per heavy atom. The predicted octanol–water partition coefficient (Wildman–Crippen LogP) is 5.55. The number of phenolic OH excluding ortho intramolecular Hbond substituents is 1. The number of aromatic hydroxyl groups is 1. The van der Waals surface area contributed by atoms with Crippen LogP contribution in [0.1, 0.15) is 47.8 Å². The number of aromatic nitrogens is 3. The van der Waals surface area contributed by atoms with Crippen molar-refractivity contribution in [2.24, 2.45) is 5.92 Å². The molecule has 2 aromatic carbocycles. The number of phenols is 1. The van der Waals surface area contributed by atoms with Crippen LogP contribution in [-0.2, 0) is 0 Å². The first-order valence-corrected chi connectivity index (χ1v) is 11.8. The fraction of sp³-hybridized carbons (Fsp3) is 0.296. The van der Waals surface area contributed by atoms with Gasteiger partial charge in [-0.1, -0.05) is 12.1 Å². The van der Waals surface area contributed by atoms with E-state index in [-0.39, 0.29) is 11.5 Å². The summed E-state index contributed by atoms with van der Waals surface area (Å²) in [5.74, 6) is -3.64. The monoisotopic (exact) mass is 476 g/mol. The van der Waals surface area contributed by atoms with Gasteiger partial charge in [-0.2, -0.15) is 5.10 Å². The molecule has 180 valence electrons. The normalized spacial score (nSPS) is 18.0. The van der Waals surface area contributed by atoms with Gasteiger partial charge in [0.25, 0.3) is 5.91 Å². The molecule has 1 fully saturated rings. The van der Waals surface area contributed by atoms with E-state index in [0.717, 1.165) is 65.5 Å². The number of nitrogens with one attached hydrogen (secondary N) is 1. The molecule has 1 aliphatic rings. The van der Waals surface area contributed by atoms with Gasteiger partial charge in [-0.25, -0.2) is 8.78 Å². The van der Waals surface area contributed by atoms with Crippen LogP contribution in [0.5, 0.6) is 5.75 Å². The number of nitrogens with zero attached hydrogens (tertiary/aromatic N) is 3. The first kappa shape index (κ1) is 23.0. The summed E-state index contributed by atoms with van der Waals surface area (Å²) in [6, 6.07) is 12.3. The molecule has 0 unspecified atom stereocenters. The number of aryl methyl sites for hydroxylation is 1. The van der Waals surface area contributed by atoms with Crippen molar-refractivity contribution in [3.05, 3.63) is 77.8 Å². The van der Waals surface area contributed by atoms with Crippen molar-refractivity contribution in [1.29, 1.82) is 0 Å². The summed E-state index contributed by atoms with van der Waals surface area (Å²) in [7, 11) is 0. The molecule has 1 aliphatic carbocycles. The van der Waals surface area contributed by atoms with E-state index < -0.39 is 23.3 Å². The maximum Gasteiger partial charge on any atom is 0.251 e. The SMILES string of the molecule is Cc1cc(-c2ccc3cn([C@H]4CC[C@H](CNC(=O)c5cc(F)c(O)c(F)c5)CC4)nc3c2)ccn1. The molecule has 6 nitrogen and oxygen atoms in total. The number of benzene rings is 2. The second-order valence-electron chi connectivity index (χ2n) is 9.24. The highest BCUT2D eigenvalue weighted by Gasteiger charge is 2.24. The molecule has 35 heavy (non-hydrogen) atoms. The Labute approximate surface area is 201 Å². The zero-order valence-corrected chi connectivity index (χ0v) is 19.3. The molecule has 0 aliphatic heterocycles. The number of hydrogen-bond donors (Lipinski definition) is 2. The van der Waals surface area contributed by atoms with E-state index >= 15 is 0 Å². The fourth-order valence-corrected chi connectivity index (χ4v) is 4.78. The summed E-state index contributed by atoms with van der Waals surface area (Å²) in [5.41, 5.74) is 4.02. The second-order valence-corrected chi connectivity index (χ2v) is 9.24. The van der Waals surface area contributed by atoms with Crippen molar-refractivity contribution >= 4 is 16.8 Å². The van der Waals surface area contributed by atoms with E-state index in [1.54, 1.807) is 0 Å². The van der Waals surface area contributed by atoms with Crippen molar-refractivity contribution in [2.45, 2.75) is 38.6 Å². The largest absolute Gasteiger partial charge is 0.503 e. The zero-order valence-electron chi connectivity index (χ0n) is 19.3. The molecule has 5 rings (SSSR count). The lowest BCUT2D eigenvalue weighted by molar-refractivity contribution is 0.0940. The maximum atomic E-state index is 13.5. The highest BCUT2D eigenvalue weighted by atomic mass is 19.1. The van der Waals surface area contributed by atoms with Crippen LogP contribution in [0.2, 0.25) is 0 Å². The third-order valence-corrected chi connectivity index (χ3v) is 6.78. The Morgan fingerprint density at radius 1 is 1.06 bits per heavy atom. The minimum atomic E-state index is -1.15. The lowest BCUT2D eigenvalue weighted by Crippen LogP contribution is -2.31. The average molecular weight is 477 g/mol. The van der Waals surface area contributed by atoms with E-state index in [4.69, 9.17) is 5.10 Å². The number of carbonyl (C=O) groups is 1. The fourth-order valence-electron chi connectivity index (χ4n) is 4.78. The maximum absolute atomic E-state index is 13.5. The molecule has 0 bridgehead atoms. The Kier molecular flexibility index (Phi) is 6.19. The van der Waals surface area contributed by atoms with Crippen LogP contribution in [0.15, 0.2) is 54.9 Å². The van der Waals surface area contributed by atoms with Crippen LogP contribution in [-0.4, -0.2) is 32.3 Å². The molecule has 0 saturated heterocycles. The Bertz CT molecular complexity index is 1370. The summed E-state index contributed by atoms with van der Waals surface area (Å²) in [6.45, 7) is 2.41. The van der Waals surface area contributed by atoms with Gasteiger partial charge in [0.15, 0.2) is 17.4 Å². The highest BCUT2D eigenvalue weighted by Crippen LogP contribution is 2.33. The third-order valence-electron chi connectivity index (χ3n) is 6.78. The smallest absolute Gasteiger partial charge is 0.251 e. The second kappa shape index (κ2) is 9.44. The number of carbonyl (C=O) groups excluding carboxylic acids is 1. The Hall–Kier alpha value is -3.81. The van der Waals surface area contributed by atoms with Crippen molar-refractivity contribution in [3.8, 4) is 16.9 Å². The number of hydrogen-bond acceptors (Lipinski definition) is 4. The van der Waals surface area contributed by atoms with Crippen LogP contribution in [0.25, 0.3) is 22.0 Å². The number of amides is 1. The molecule has 0 radical (unpaired) electrons. The molecule has 2 N–H and O–H groups in total. The van der Waals surface area contributed by atoms with Crippen LogP contribution in [0.3, 0.4) is 0 Å². The van der Waals surface area contributed by atoms with Gasteiger partial charge in [-0.3, -0.25) is 14.5 Å². The molecule has 2 heterocycles. The van der Waals surface area contributed by atoms with Crippen molar-refractivity contribution in [1.82, 2.24) is 20.1 Å². The van der Waals surface area contributed by atoms with Gasteiger partial charge in [0.05, 0.1) is 11.6 Å². The van der Waals surface area contributed by atoms with E-state index in [0.29, 0.717) is 12.6 Å². The molecule has 4 aromatic rings. The van der Waals surface area contributed by atoms with Crippen molar-refractivity contribution in [2.75, 3.05) is 6.54 Å². The van der Waals surface area contributed by atoms with E-state index in [2.05, 4.69) is 45.4 Å². The average Bonchev–Trinajstić information content (AvgIpc) is 3.29. The molecule has 2 aromatic heterocycles. The van der Waals surface area contributed by atoms with Gasteiger partial charge in [-0.05, 0) is 80.0 Å². The van der Waals surface area contributed by atoms with Crippen LogP contribution < -0.4 is 5.32 Å². The summed E-state index contributed by atoms with van der Waals surface area (Å²) >= 11 is 0. The molecule has 1 saturated carbocycles. The quantitative estimate of drug-likeness (QED) is 0.396.